The lowest BCUT2D eigenvalue weighted by Crippen LogP contribution is -1.97. The lowest BCUT2D eigenvalue weighted by Gasteiger charge is -2.10. The first-order chi connectivity index (χ1) is 20.7. The van der Waals surface area contributed by atoms with E-state index in [1.807, 2.05) is 24.3 Å². The van der Waals surface area contributed by atoms with E-state index in [2.05, 4.69) is 124 Å². The highest BCUT2D eigenvalue weighted by Gasteiger charge is 2.16. The monoisotopic (exact) mass is 539 g/mol. The van der Waals surface area contributed by atoms with Crippen LogP contribution < -0.4 is 0 Å². The second-order valence-corrected chi connectivity index (χ2v) is 10.6. The fraction of sp³-hybridized carbons (Fsp3) is 0.0263. The Morgan fingerprint density at radius 1 is 0.500 bits per heavy atom. The predicted octanol–water partition coefficient (Wildman–Crippen LogP) is 8.91. The molecule has 0 aliphatic carbocycles. The average molecular weight is 540 g/mol. The van der Waals surface area contributed by atoms with Gasteiger partial charge in [-0.05, 0) is 77.4 Å². The number of benzene rings is 6. The molecular weight excluding hydrogens is 514 g/mol. The van der Waals surface area contributed by atoms with Gasteiger partial charge in [-0.2, -0.15) is 5.26 Å². The molecule has 0 bridgehead atoms. The zero-order valence-corrected chi connectivity index (χ0v) is 22.7. The molecule has 0 saturated heterocycles. The first-order valence-electron chi connectivity index (χ1n) is 14.0. The fourth-order valence-corrected chi connectivity index (χ4v) is 6.38. The Bertz CT molecular complexity index is 2350. The highest BCUT2D eigenvalue weighted by molar-refractivity contribution is 6.12. The molecule has 1 N–H and O–H groups in total. The van der Waals surface area contributed by atoms with Crippen LogP contribution in [0.15, 0.2) is 133 Å². The number of hydrogen-bond acceptors (Lipinski definition) is 2. The topological polar surface area (TPSA) is 53.9 Å². The number of hydrogen-bond donors (Lipinski definition) is 1. The third-order valence-electron chi connectivity index (χ3n) is 8.34. The van der Waals surface area contributed by atoms with Crippen LogP contribution in [0.2, 0.25) is 0 Å². The molecule has 0 saturated carbocycles. The molecule has 2 heterocycles. The van der Waals surface area contributed by atoms with Gasteiger partial charge in [0.2, 0.25) is 0 Å². The van der Waals surface area contributed by atoms with E-state index in [0.717, 1.165) is 44.3 Å². The molecule has 0 amide bonds. The van der Waals surface area contributed by atoms with Gasteiger partial charge in [-0.15, -0.1) is 0 Å². The van der Waals surface area contributed by atoms with Gasteiger partial charge in [-0.25, -0.2) is 0 Å². The number of aromatic nitrogens is 2. The van der Waals surface area contributed by atoms with E-state index in [1.54, 1.807) is 0 Å². The van der Waals surface area contributed by atoms with Gasteiger partial charge < -0.3 is 14.2 Å². The Hall–Kier alpha value is -5.63. The van der Waals surface area contributed by atoms with Crippen LogP contribution in [0.5, 0.6) is 0 Å². The Labute approximate surface area is 242 Å². The number of nitrogens with zero attached hydrogens (tertiary/aromatic N) is 3. The predicted molar refractivity (Wildman–Crippen MR) is 171 cm³/mol. The van der Waals surface area contributed by atoms with Crippen LogP contribution in [0.3, 0.4) is 0 Å². The van der Waals surface area contributed by atoms with Crippen LogP contribution in [0, 0.1) is 11.3 Å². The van der Waals surface area contributed by atoms with Crippen molar-refractivity contribution >= 4 is 43.6 Å². The third-order valence-corrected chi connectivity index (χ3v) is 8.34. The lowest BCUT2D eigenvalue weighted by molar-refractivity contribution is 0.281. The van der Waals surface area contributed by atoms with Crippen molar-refractivity contribution in [1.82, 2.24) is 9.13 Å². The largest absolute Gasteiger partial charge is 0.392 e. The smallest absolute Gasteiger partial charge is 0.0996 e. The summed E-state index contributed by atoms with van der Waals surface area (Å²) in [7, 11) is 0. The Kier molecular flexibility index (Phi) is 5.46. The summed E-state index contributed by atoms with van der Waals surface area (Å²) < 4.78 is 4.54. The van der Waals surface area contributed by atoms with Gasteiger partial charge in [-0.3, -0.25) is 0 Å². The summed E-state index contributed by atoms with van der Waals surface area (Å²) in [5, 5.41) is 24.1. The second-order valence-electron chi connectivity index (χ2n) is 10.6. The molecule has 0 radical (unpaired) electrons. The minimum Gasteiger partial charge on any atom is -0.392 e. The Balaban J connectivity index is 1.34. The molecule has 0 spiro atoms. The van der Waals surface area contributed by atoms with Crippen molar-refractivity contribution in [2.45, 2.75) is 6.61 Å². The summed E-state index contributed by atoms with van der Waals surface area (Å²) in [4.78, 5) is 0. The maximum absolute atomic E-state index is 9.70. The standard InChI is InChI=1S/C38H25N3O/c39-23-28-20-30(17-14-27(28)24-42)41-36-13-7-5-11-32(36)34-22-26(16-19-38(34)41)25-15-18-37-33(21-25)31-10-4-6-12-35(31)40(37)29-8-2-1-3-9-29/h1-22,42H,24H2. The molecule has 0 aliphatic heterocycles. The van der Waals surface area contributed by atoms with E-state index in [-0.39, 0.29) is 6.61 Å². The molecule has 6 aromatic carbocycles. The second kappa shape index (κ2) is 9.49. The van der Waals surface area contributed by atoms with Gasteiger partial charge in [0.25, 0.3) is 0 Å². The number of para-hydroxylation sites is 3. The van der Waals surface area contributed by atoms with Gasteiger partial charge >= 0.3 is 0 Å². The van der Waals surface area contributed by atoms with Crippen molar-refractivity contribution in [2.24, 2.45) is 0 Å². The zero-order valence-electron chi connectivity index (χ0n) is 22.7. The molecule has 2 aromatic heterocycles. The number of rotatable bonds is 4. The van der Waals surface area contributed by atoms with Crippen molar-refractivity contribution in [2.75, 3.05) is 0 Å². The number of aliphatic hydroxyl groups excluding tert-OH is 1. The molecule has 0 aliphatic rings. The quantitative estimate of drug-likeness (QED) is 0.243. The van der Waals surface area contributed by atoms with E-state index >= 15 is 0 Å². The van der Waals surface area contributed by atoms with Crippen molar-refractivity contribution in [3.8, 4) is 28.6 Å². The highest BCUT2D eigenvalue weighted by Crippen LogP contribution is 2.38. The SMILES string of the molecule is N#Cc1cc(-n2c3ccccc3c3cc(-c4ccc5c(c4)c4ccccc4n5-c4ccccc4)ccc32)ccc1CO. The van der Waals surface area contributed by atoms with E-state index in [1.165, 1.54) is 21.8 Å². The summed E-state index contributed by atoms with van der Waals surface area (Å²) >= 11 is 0. The number of fused-ring (bicyclic) bond motifs is 6. The zero-order chi connectivity index (χ0) is 28.2. The summed E-state index contributed by atoms with van der Waals surface area (Å²) in [5.74, 6) is 0. The molecule has 0 unspecified atom stereocenters. The number of aliphatic hydroxyl groups is 1. The molecular formula is C38H25N3O. The maximum atomic E-state index is 9.70. The average Bonchev–Trinajstić information content (AvgIpc) is 3.57. The van der Waals surface area contributed by atoms with Crippen molar-refractivity contribution in [3.05, 3.63) is 145 Å². The highest BCUT2D eigenvalue weighted by atomic mass is 16.3. The molecule has 42 heavy (non-hydrogen) atoms. The van der Waals surface area contributed by atoms with Crippen molar-refractivity contribution in [3.63, 3.8) is 0 Å². The van der Waals surface area contributed by atoms with E-state index < -0.39 is 0 Å². The van der Waals surface area contributed by atoms with Crippen LogP contribution in [0.1, 0.15) is 11.1 Å². The van der Waals surface area contributed by atoms with Crippen molar-refractivity contribution < 1.29 is 5.11 Å². The van der Waals surface area contributed by atoms with E-state index in [0.29, 0.717) is 11.1 Å². The van der Waals surface area contributed by atoms with Crippen LogP contribution in [-0.4, -0.2) is 14.2 Å². The fourth-order valence-electron chi connectivity index (χ4n) is 6.38. The molecule has 4 heteroatoms. The van der Waals surface area contributed by atoms with Crippen LogP contribution in [0.4, 0.5) is 0 Å². The van der Waals surface area contributed by atoms with Gasteiger partial charge in [0.05, 0.1) is 40.3 Å². The minimum atomic E-state index is -0.159. The summed E-state index contributed by atoms with van der Waals surface area (Å²) in [5.41, 5.74) is 10.0. The van der Waals surface area contributed by atoms with Gasteiger partial charge in [0, 0.05) is 32.9 Å². The normalized spacial score (nSPS) is 11.5. The minimum absolute atomic E-state index is 0.159. The lowest BCUT2D eigenvalue weighted by atomic mass is 10.0. The molecule has 4 nitrogen and oxygen atoms in total. The Morgan fingerprint density at radius 3 is 1.60 bits per heavy atom. The molecule has 8 aromatic rings. The first kappa shape index (κ1) is 24.2. The molecule has 0 fully saturated rings. The van der Waals surface area contributed by atoms with Crippen LogP contribution in [0.25, 0.3) is 66.1 Å². The summed E-state index contributed by atoms with van der Waals surface area (Å²) in [6.45, 7) is -0.159. The molecule has 0 atom stereocenters. The molecule has 8 rings (SSSR count). The summed E-state index contributed by atoms with van der Waals surface area (Å²) in [6, 6.07) is 48.8. The third kappa shape index (κ3) is 3.58. The molecule has 198 valence electrons. The number of nitriles is 1. The van der Waals surface area contributed by atoms with Crippen LogP contribution in [-0.2, 0) is 6.61 Å². The van der Waals surface area contributed by atoms with Gasteiger partial charge in [0.15, 0.2) is 0 Å². The van der Waals surface area contributed by atoms with Gasteiger partial charge in [-0.1, -0.05) is 72.8 Å². The van der Waals surface area contributed by atoms with Crippen molar-refractivity contribution in [1.29, 1.82) is 5.26 Å². The van der Waals surface area contributed by atoms with Crippen LogP contribution >= 0.6 is 0 Å². The van der Waals surface area contributed by atoms with E-state index in [9.17, 15) is 10.4 Å². The van der Waals surface area contributed by atoms with Gasteiger partial charge in [0.1, 0.15) is 0 Å². The maximum Gasteiger partial charge on any atom is 0.0996 e. The first-order valence-corrected chi connectivity index (χ1v) is 14.0. The Morgan fingerprint density at radius 2 is 1.02 bits per heavy atom. The van der Waals surface area contributed by atoms with E-state index in [4.69, 9.17) is 0 Å². The summed E-state index contributed by atoms with van der Waals surface area (Å²) in [6.07, 6.45) is 0.